The van der Waals surface area contributed by atoms with Gasteiger partial charge in [-0.3, -0.25) is 9.59 Å². The summed E-state index contributed by atoms with van der Waals surface area (Å²) in [5.74, 6) is 0.543. The van der Waals surface area contributed by atoms with Crippen molar-refractivity contribution in [3.8, 4) is 0 Å². The molecule has 0 bridgehead atoms. The Morgan fingerprint density at radius 2 is 2.24 bits per heavy atom. The number of nitrogens with one attached hydrogen (secondary N) is 2. The molecule has 0 saturated heterocycles. The summed E-state index contributed by atoms with van der Waals surface area (Å²) in [7, 11) is 0. The molecule has 5 heteroatoms. The number of anilines is 1. The van der Waals surface area contributed by atoms with Gasteiger partial charge in [0.1, 0.15) is 11.9 Å². The summed E-state index contributed by atoms with van der Waals surface area (Å²) in [6, 6.07) is 1.23. The Bertz CT molecular complexity index is 471. The second-order valence-electron chi connectivity index (χ2n) is 4.15. The number of nitrogens with zero attached hydrogens (tertiary/aromatic N) is 1. The van der Waals surface area contributed by atoms with Crippen LogP contribution in [0.15, 0.2) is 12.3 Å². The zero-order chi connectivity index (χ0) is 12.4. The summed E-state index contributed by atoms with van der Waals surface area (Å²) in [6.07, 6.45) is 2.49. The Morgan fingerprint density at radius 3 is 2.88 bits per heavy atom. The van der Waals surface area contributed by atoms with E-state index in [0.29, 0.717) is 0 Å². The van der Waals surface area contributed by atoms with Gasteiger partial charge < -0.3 is 10.6 Å². The Morgan fingerprint density at radius 1 is 1.47 bits per heavy atom. The van der Waals surface area contributed by atoms with Crippen LogP contribution in [0.5, 0.6) is 0 Å². The number of hydrogen-bond acceptors (Lipinski definition) is 4. The number of aromatic nitrogens is 1. The minimum Gasteiger partial charge on any atom is -0.370 e. The summed E-state index contributed by atoms with van der Waals surface area (Å²) in [5, 5.41) is 5.83. The molecule has 2 N–H and O–H groups in total. The molecule has 2 rings (SSSR count). The van der Waals surface area contributed by atoms with Crippen molar-refractivity contribution in [1.29, 1.82) is 0 Å². The fourth-order valence-corrected chi connectivity index (χ4v) is 2.10. The number of hydrogen-bond donors (Lipinski definition) is 2. The van der Waals surface area contributed by atoms with E-state index in [1.165, 1.54) is 13.8 Å². The van der Waals surface area contributed by atoms with Gasteiger partial charge in [0, 0.05) is 25.2 Å². The van der Waals surface area contributed by atoms with Crippen LogP contribution in [0.4, 0.5) is 5.82 Å². The fourth-order valence-electron chi connectivity index (χ4n) is 2.10. The van der Waals surface area contributed by atoms with Gasteiger partial charge >= 0.3 is 0 Å². The minimum absolute atomic E-state index is 0.0690. The molecule has 0 aromatic carbocycles. The molecule has 1 atom stereocenters. The first-order valence-electron chi connectivity index (χ1n) is 5.59. The van der Waals surface area contributed by atoms with Crippen LogP contribution in [0.2, 0.25) is 0 Å². The number of rotatable bonds is 3. The first kappa shape index (κ1) is 11.6. The predicted octanol–water partition coefficient (Wildman–Crippen LogP) is 0.816. The van der Waals surface area contributed by atoms with Gasteiger partial charge in [0.05, 0.1) is 0 Å². The fraction of sp³-hybridized carbons (Fsp3) is 0.417. The normalized spacial score (nSPS) is 14.7. The van der Waals surface area contributed by atoms with Crippen LogP contribution in [0.3, 0.4) is 0 Å². The maximum atomic E-state index is 11.6. The molecule has 0 spiro atoms. The second-order valence-corrected chi connectivity index (χ2v) is 4.15. The molecular weight excluding hydrogens is 218 g/mol. The molecule has 1 aliphatic rings. The summed E-state index contributed by atoms with van der Waals surface area (Å²) >= 11 is 0. The molecule has 1 amide bonds. The van der Waals surface area contributed by atoms with Crippen molar-refractivity contribution < 1.29 is 9.59 Å². The van der Waals surface area contributed by atoms with Crippen molar-refractivity contribution in [3.05, 3.63) is 23.4 Å². The van der Waals surface area contributed by atoms with E-state index in [-0.39, 0.29) is 11.7 Å². The highest BCUT2D eigenvalue weighted by Gasteiger charge is 2.24. The van der Waals surface area contributed by atoms with Gasteiger partial charge in [-0.15, -0.1) is 0 Å². The van der Waals surface area contributed by atoms with E-state index in [1.807, 2.05) is 0 Å². The smallest absolute Gasteiger partial charge is 0.217 e. The molecule has 17 heavy (non-hydrogen) atoms. The van der Waals surface area contributed by atoms with Crippen LogP contribution in [-0.2, 0) is 16.0 Å². The van der Waals surface area contributed by atoms with Crippen molar-refractivity contribution in [1.82, 2.24) is 10.3 Å². The van der Waals surface area contributed by atoms with E-state index in [2.05, 4.69) is 15.6 Å². The molecule has 2 heterocycles. The van der Waals surface area contributed by atoms with E-state index in [9.17, 15) is 9.59 Å². The molecule has 1 unspecified atom stereocenters. The monoisotopic (exact) mass is 233 g/mol. The summed E-state index contributed by atoms with van der Waals surface area (Å²) in [4.78, 5) is 27.0. The van der Waals surface area contributed by atoms with Gasteiger partial charge in [-0.1, -0.05) is 0 Å². The lowest BCUT2D eigenvalue weighted by atomic mass is 9.98. The van der Waals surface area contributed by atoms with E-state index >= 15 is 0 Å². The van der Waals surface area contributed by atoms with E-state index in [1.54, 1.807) is 12.3 Å². The van der Waals surface area contributed by atoms with Gasteiger partial charge in [-0.2, -0.15) is 0 Å². The van der Waals surface area contributed by atoms with E-state index < -0.39 is 6.04 Å². The van der Waals surface area contributed by atoms with Crippen molar-refractivity contribution in [2.75, 3.05) is 11.9 Å². The first-order valence-corrected chi connectivity index (χ1v) is 5.59. The van der Waals surface area contributed by atoms with Crippen molar-refractivity contribution in [2.45, 2.75) is 26.3 Å². The third-order valence-electron chi connectivity index (χ3n) is 2.82. The largest absolute Gasteiger partial charge is 0.370 e. The summed E-state index contributed by atoms with van der Waals surface area (Å²) < 4.78 is 0. The van der Waals surface area contributed by atoms with Crippen molar-refractivity contribution in [2.24, 2.45) is 0 Å². The molecule has 5 nitrogen and oxygen atoms in total. The van der Waals surface area contributed by atoms with Crippen molar-refractivity contribution in [3.63, 3.8) is 0 Å². The number of ketones is 1. The average molecular weight is 233 g/mol. The van der Waals surface area contributed by atoms with E-state index in [4.69, 9.17) is 0 Å². The zero-order valence-corrected chi connectivity index (χ0v) is 9.91. The molecule has 0 fully saturated rings. The predicted molar refractivity (Wildman–Crippen MR) is 63.7 cm³/mol. The molecule has 1 aromatic heterocycles. The van der Waals surface area contributed by atoms with Crippen LogP contribution < -0.4 is 10.6 Å². The lowest BCUT2D eigenvalue weighted by Crippen LogP contribution is -2.31. The molecule has 1 aromatic rings. The molecule has 0 saturated carbocycles. The van der Waals surface area contributed by atoms with Gasteiger partial charge in [-0.25, -0.2) is 4.98 Å². The third-order valence-corrected chi connectivity index (χ3v) is 2.82. The minimum atomic E-state index is -0.566. The highest BCUT2D eigenvalue weighted by molar-refractivity contribution is 5.88. The SMILES string of the molecule is CC(=O)NC(C(C)=O)c1ccnc2c1CCN2. The van der Waals surface area contributed by atoms with E-state index in [0.717, 1.165) is 29.9 Å². The topological polar surface area (TPSA) is 71.1 Å². The lowest BCUT2D eigenvalue weighted by Gasteiger charge is -2.17. The van der Waals surface area contributed by atoms with Gasteiger partial charge in [-0.05, 0) is 25.0 Å². The van der Waals surface area contributed by atoms with Gasteiger partial charge in [0.25, 0.3) is 0 Å². The summed E-state index contributed by atoms with van der Waals surface area (Å²) in [6.45, 7) is 3.72. The molecule has 0 radical (unpaired) electrons. The van der Waals surface area contributed by atoms with Crippen LogP contribution in [-0.4, -0.2) is 23.2 Å². The average Bonchev–Trinajstić information content (AvgIpc) is 2.73. The maximum Gasteiger partial charge on any atom is 0.217 e. The number of fused-ring (bicyclic) bond motifs is 1. The summed E-state index contributed by atoms with van der Waals surface area (Å²) in [5.41, 5.74) is 1.88. The Kier molecular flexibility index (Phi) is 3.08. The number of amides is 1. The van der Waals surface area contributed by atoms with Crippen molar-refractivity contribution >= 4 is 17.5 Å². The maximum absolute atomic E-state index is 11.6. The second kappa shape index (κ2) is 4.53. The number of Topliss-reactive ketones (excluding diaryl/α,β-unsaturated/α-hetero) is 1. The lowest BCUT2D eigenvalue weighted by molar-refractivity contribution is -0.125. The quantitative estimate of drug-likeness (QED) is 0.810. The molecule has 0 aliphatic carbocycles. The Hall–Kier alpha value is -1.91. The highest BCUT2D eigenvalue weighted by Crippen LogP contribution is 2.27. The van der Waals surface area contributed by atoms with Crippen LogP contribution >= 0.6 is 0 Å². The van der Waals surface area contributed by atoms with Gasteiger partial charge in [0.2, 0.25) is 5.91 Å². The van der Waals surface area contributed by atoms with Gasteiger partial charge in [0.15, 0.2) is 5.78 Å². The van der Waals surface area contributed by atoms with Crippen LogP contribution in [0.1, 0.15) is 31.0 Å². The van der Waals surface area contributed by atoms with Crippen LogP contribution in [0.25, 0.3) is 0 Å². The van der Waals surface area contributed by atoms with Crippen LogP contribution in [0, 0.1) is 0 Å². The number of carbonyl (C=O) groups excluding carboxylic acids is 2. The Labute approximate surface area is 99.6 Å². The Balaban J connectivity index is 2.40. The number of carbonyl (C=O) groups is 2. The molecule has 90 valence electrons. The molecular formula is C12H15N3O2. The highest BCUT2D eigenvalue weighted by atomic mass is 16.2. The first-order chi connectivity index (χ1) is 8.09. The number of pyridine rings is 1. The third kappa shape index (κ3) is 2.27. The standard InChI is InChI=1S/C12H15N3O2/c1-7(16)11(15-8(2)17)9-3-5-13-12-10(9)4-6-14-12/h3,5,11H,4,6H2,1-2H3,(H,13,14)(H,15,17). The zero-order valence-electron chi connectivity index (χ0n) is 9.91. The molecule has 1 aliphatic heterocycles.